The van der Waals surface area contributed by atoms with Crippen LogP contribution in [-0.4, -0.2) is 17.8 Å². The van der Waals surface area contributed by atoms with Crippen LogP contribution in [0.25, 0.3) is 0 Å². The number of benzene rings is 1. The number of anilines is 1. The van der Waals surface area contributed by atoms with E-state index >= 15 is 0 Å². The first-order chi connectivity index (χ1) is 7.50. The number of rotatable bonds is 1. The van der Waals surface area contributed by atoms with Crippen LogP contribution in [0.15, 0.2) is 18.2 Å². The van der Waals surface area contributed by atoms with E-state index in [1.165, 1.54) is 0 Å². The number of nitrogens with zero attached hydrogens (tertiary/aromatic N) is 1. The van der Waals surface area contributed by atoms with Crippen LogP contribution in [0.1, 0.15) is 0 Å². The molecule has 0 bridgehead atoms. The number of halogens is 2. The number of hydrogen-bond donors (Lipinski definition) is 1. The molecule has 0 atom stereocenters. The Labute approximate surface area is 87.6 Å². The Bertz CT molecular complexity index is 515. The minimum Gasteiger partial charge on any atom is -0.269 e. The standard InChI is InChI=1S/C9H4F2N2O3/c10-4-1-2-6(5(11)3-4)13-8(15)7(14)12-9(13)16/h1-3H,(H,12,14,16). The predicted octanol–water partition coefficient (Wildman–Crippen LogP) is 0.548. The maximum absolute atomic E-state index is 13.3. The lowest BCUT2D eigenvalue weighted by molar-refractivity contribution is -0.134. The molecule has 1 fully saturated rings. The number of amides is 4. The van der Waals surface area contributed by atoms with Crippen molar-refractivity contribution in [2.24, 2.45) is 0 Å². The van der Waals surface area contributed by atoms with Crippen LogP contribution < -0.4 is 10.2 Å². The van der Waals surface area contributed by atoms with Crippen LogP contribution in [0, 0.1) is 11.6 Å². The lowest BCUT2D eigenvalue weighted by atomic mass is 10.2. The molecule has 1 aromatic carbocycles. The molecule has 0 aliphatic carbocycles. The quantitative estimate of drug-likeness (QED) is 0.561. The minimum atomic E-state index is -1.20. The van der Waals surface area contributed by atoms with Gasteiger partial charge < -0.3 is 0 Å². The highest BCUT2D eigenvalue weighted by Crippen LogP contribution is 2.22. The van der Waals surface area contributed by atoms with Crippen molar-refractivity contribution < 1.29 is 23.2 Å². The zero-order valence-electron chi connectivity index (χ0n) is 7.66. The molecule has 1 aromatic rings. The summed E-state index contributed by atoms with van der Waals surface area (Å²) in [5.74, 6) is -4.29. The molecule has 7 heteroatoms. The SMILES string of the molecule is O=C1NC(=O)N(c2ccc(F)cc2F)C1=O. The summed E-state index contributed by atoms with van der Waals surface area (Å²) in [4.78, 5) is 33.5. The van der Waals surface area contributed by atoms with E-state index in [1.54, 1.807) is 5.32 Å². The molecule has 5 nitrogen and oxygen atoms in total. The zero-order chi connectivity index (χ0) is 11.9. The van der Waals surface area contributed by atoms with E-state index in [1.807, 2.05) is 0 Å². The molecule has 1 saturated heterocycles. The molecule has 2 rings (SSSR count). The average molecular weight is 226 g/mol. The monoisotopic (exact) mass is 226 g/mol. The maximum atomic E-state index is 13.3. The molecule has 16 heavy (non-hydrogen) atoms. The van der Waals surface area contributed by atoms with Gasteiger partial charge in [0.25, 0.3) is 0 Å². The Balaban J connectivity index is 2.48. The fraction of sp³-hybridized carbons (Fsp3) is 0. The second kappa shape index (κ2) is 3.37. The summed E-state index contributed by atoms with van der Waals surface area (Å²) in [6, 6.07) is 1.24. The van der Waals surface area contributed by atoms with E-state index in [4.69, 9.17) is 0 Å². The Morgan fingerprint density at radius 2 is 1.81 bits per heavy atom. The number of carbonyl (C=O) groups excluding carboxylic acids is 3. The summed E-state index contributed by atoms with van der Waals surface area (Å²) >= 11 is 0. The molecule has 0 unspecified atom stereocenters. The van der Waals surface area contributed by atoms with Crippen LogP contribution >= 0.6 is 0 Å². The van der Waals surface area contributed by atoms with Gasteiger partial charge in [-0.1, -0.05) is 0 Å². The Kier molecular flexibility index (Phi) is 2.15. The van der Waals surface area contributed by atoms with Crippen molar-refractivity contribution in [3.63, 3.8) is 0 Å². The number of urea groups is 1. The molecule has 1 N–H and O–H groups in total. The Morgan fingerprint density at radius 1 is 1.12 bits per heavy atom. The fourth-order valence-corrected chi connectivity index (χ4v) is 1.28. The van der Waals surface area contributed by atoms with Crippen LogP contribution in [0.5, 0.6) is 0 Å². The highest BCUT2D eigenvalue weighted by Gasteiger charge is 2.39. The first-order valence-electron chi connectivity index (χ1n) is 4.15. The molecule has 1 heterocycles. The van der Waals surface area contributed by atoms with Crippen molar-refractivity contribution >= 4 is 23.5 Å². The third-order valence-corrected chi connectivity index (χ3v) is 1.97. The van der Waals surface area contributed by atoms with Gasteiger partial charge in [-0.25, -0.2) is 18.5 Å². The van der Waals surface area contributed by atoms with E-state index in [9.17, 15) is 23.2 Å². The molecule has 0 aromatic heterocycles. The number of imide groups is 2. The van der Waals surface area contributed by atoms with Gasteiger partial charge in [0.15, 0.2) is 0 Å². The summed E-state index contributed by atoms with van der Waals surface area (Å²) in [6.45, 7) is 0. The lowest BCUT2D eigenvalue weighted by Crippen LogP contribution is -2.31. The normalized spacial score (nSPS) is 15.6. The topological polar surface area (TPSA) is 66.5 Å². The van der Waals surface area contributed by atoms with Crippen molar-refractivity contribution in [2.75, 3.05) is 4.90 Å². The second-order valence-electron chi connectivity index (χ2n) is 3.00. The number of carbonyl (C=O) groups is 3. The molecule has 0 spiro atoms. The minimum absolute atomic E-state index is 0.317. The molecule has 1 aliphatic rings. The predicted molar refractivity (Wildman–Crippen MR) is 47.4 cm³/mol. The van der Waals surface area contributed by atoms with Crippen molar-refractivity contribution in [1.82, 2.24) is 5.32 Å². The molecule has 82 valence electrons. The maximum Gasteiger partial charge on any atom is 0.336 e. The molecule has 1 aliphatic heterocycles. The summed E-state index contributed by atoms with van der Waals surface area (Å²) in [7, 11) is 0. The van der Waals surface area contributed by atoms with Gasteiger partial charge in [0, 0.05) is 6.07 Å². The first-order valence-corrected chi connectivity index (χ1v) is 4.15. The van der Waals surface area contributed by atoms with Crippen LogP contribution in [0.4, 0.5) is 19.3 Å². The number of hydrogen-bond acceptors (Lipinski definition) is 3. The summed E-state index contributed by atoms with van der Waals surface area (Å²) in [6.07, 6.45) is 0. The van der Waals surface area contributed by atoms with E-state index in [0.717, 1.165) is 12.1 Å². The summed E-state index contributed by atoms with van der Waals surface area (Å²) in [5, 5.41) is 1.70. The van der Waals surface area contributed by atoms with Gasteiger partial charge in [-0.3, -0.25) is 14.9 Å². The summed E-state index contributed by atoms with van der Waals surface area (Å²) in [5.41, 5.74) is -0.463. The van der Waals surface area contributed by atoms with Crippen LogP contribution in [0.3, 0.4) is 0 Å². The largest absolute Gasteiger partial charge is 0.336 e. The van der Waals surface area contributed by atoms with Crippen LogP contribution in [-0.2, 0) is 9.59 Å². The molecule has 0 saturated carbocycles. The Hall–Kier alpha value is -2.31. The lowest BCUT2D eigenvalue weighted by Gasteiger charge is -2.11. The van der Waals surface area contributed by atoms with Gasteiger partial charge in [-0.05, 0) is 12.1 Å². The van der Waals surface area contributed by atoms with Gasteiger partial charge in [0.05, 0.1) is 5.69 Å². The van der Waals surface area contributed by atoms with Crippen LogP contribution in [0.2, 0.25) is 0 Å². The van der Waals surface area contributed by atoms with Crippen molar-refractivity contribution in [2.45, 2.75) is 0 Å². The smallest absolute Gasteiger partial charge is 0.269 e. The average Bonchev–Trinajstić information content (AvgIpc) is 2.43. The van der Waals surface area contributed by atoms with E-state index < -0.39 is 35.2 Å². The number of nitrogens with one attached hydrogen (secondary N) is 1. The second-order valence-corrected chi connectivity index (χ2v) is 3.00. The van der Waals surface area contributed by atoms with Gasteiger partial charge in [-0.2, -0.15) is 0 Å². The molecular formula is C9H4F2N2O3. The van der Waals surface area contributed by atoms with E-state index in [-0.39, 0.29) is 0 Å². The molecule has 4 amide bonds. The van der Waals surface area contributed by atoms with Crippen molar-refractivity contribution in [1.29, 1.82) is 0 Å². The summed E-state index contributed by atoms with van der Waals surface area (Å²) < 4.78 is 25.8. The fourth-order valence-electron chi connectivity index (χ4n) is 1.28. The van der Waals surface area contributed by atoms with Gasteiger partial charge >= 0.3 is 17.8 Å². The van der Waals surface area contributed by atoms with Crippen molar-refractivity contribution in [3.8, 4) is 0 Å². The van der Waals surface area contributed by atoms with Crippen molar-refractivity contribution in [3.05, 3.63) is 29.8 Å². The highest BCUT2D eigenvalue weighted by molar-refractivity contribution is 6.53. The van der Waals surface area contributed by atoms with Gasteiger partial charge in [-0.15, -0.1) is 0 Å². The van der Waals surface area contributed by atoms with E-state index in [2.05, 4.69) is 0 Å². The van der Waals surface area contributed by atoms with E-state index in [0.29, 0.717) is 11.0 Å². The first kappa shape index (κ1) is 10.2. The highest BCUT2D eigenvalue weighted by atomic mass is 19.1. The third kappa shape index (κ3) is 1.42. The zero-order valence-corrected chi connectivity index (χ0v) is 7.66. The molecular weight excluding hydrogens is 222 g/mol. The molecule has 0 radical (unpaired) electrons. The Morgan fingerprint density at radius 3 is 2.31 bits per heavy atom. The third-order valence-electron chi connectivity index (χ3n) is 1.97. The van der Waals surface area contributed by atoms with Gasteiger partial charge in [0.2, 0.25) is 0 Å². The van der Waals surface area contributed by atoms with Gasteiger partial charge in [0.1, 0.15) is 11.6 Å².